The van der Waals surface area contributed by atoms with Crippen molar-refractivity contribution in [3.63, 3.8) is 0 Å². The molecule has 0 amide bonds. The van der Waals surface area contributed by atoms with Crippen molar-refractivity contribution in [2.75, 3.05) is 6.61 Å². The molecule has 16 heavy (non-hydrogen) atoms. The lowest BCUT2D eigenvalue weighted by Crippen LogP contribution is -2.19. The van der Waals surface area contributed by atoms with Gasteiger partial charge in [0, 0.05) is 0 Å². The van der Waals surface area contributed by atoms with Crippen LogP contribution in [0, 0.1) is 5.41 Å². The molecule has 0 fully saturated rings. The summed E-state index contributed by atoms with van der Waals surface area (Å²) in [6.07, 6.45) is 1.55. The first-order valence-electron chi connectivity index (χ1n) is 5.51. The summed E-state index contributed by atoms with van der Waals surface area (Å²) < 4.78 is 5.35. The minimum Gasteiger partial charge on any atom is -0.476 e. The molecular formula is C11H18N4O. The summed E-state index contributed by atoms with van der Waals surface area (Å²) in [5.41, 5.74) is 8.03. The molecule has 0 aromatic carbocycles. The van der Waals surface area contributed by atoms with Crippen molar-refractivity contribution in [2.24, 2.45) is 5.73 Å². The molecule has 5 nitrogen and oxygen atoms in total. The topological polar surface area (TPSA) is 84.9 Å². The van der Waals surface area contributed by atoms with Crippen molar-refractivity contribution >= 4 is 5.84 Å². The molecule has 1 rings (SSSR count). The van der Waals surface area contributed by atoms with Gasteiger partial charge in [-0.2, -0.15) is 5.10 Å². The second-order valence-corrected chi connectivity index (χ2v) is 3.36. The molecule has 0 unspecified atom stereocenters. The van der Waals surface area contributed by atoms with Gasteiger partial charge in [0.2, 0.25) is 5.88 Å². The molecule has 0 bridgehead atoms. The highest BCUT2D eigenvalue weighted by Gasteiger charge is 2.17. The van der Waals surface area contributed by atoms with E-state index in [0.29, 0.717) is 18.1 Å². The highest BCUT2D eigenvalue weighted by Crippen LogP contribution is 2.22. The van der Waals surface area contributed by atoms with Crippen molar-refractivity contribution in [2.45, 2.75) is 33.6 Å². The van der Waals surface area contributed by atoms with Crippen LogP contribution < -0.4 is 10.5 Å². The van der Waals surface area contributed by atoms with Crippen LogP contribution in [0.3, 0.4) is 0 Å². The van der Waals surface area contributed by atoms with Gasteiger partial charge in [0.05, 0.1) is 17.9 Å². The van der Waals surface area contributed by atoms with Gasteiger partial charge in [-0.05, 0) is 25.3 Å². The molecule has 0 aliphatic rings. The van der Waals surface area contributed by atoms with Crippen molar-refractivity contribution in [1.29, 1.82) is 5.41 Å². The fraction of sp³-hybridized carbons (Fsp3) is 0.545. The van der Waals surface area contributed by atoms with Gasteiger partial charge in [-0.3, -0.25) is 5.41 Å². The monoisotopic (exact) mass is 222 g/mol. The van der Waals surface area contributed by atoms with E-state index in [4.69, 9.17) is 15.9 Å². The number of aromatic nitrogens is 2. The predicted octanol–water partition coefficient (Wildman–Crippen LogP) is 1.28. The summed E-state index contributed by atoms with van der Waals surface area (Å²) in [5.74, 6) is 0.356. The molecular weight excluding hydrogens is 204 g/mol. The lowest BCUT2D eigenvalue weighted by molar-refractivity contribution is 0.321. The summed E-state index contributed by atoms with van der Waals surface area (Å²) in [6, 6.07) is 0. The van der Waals surface area contributed by atoms with Gasteiger partial charge in [0.25, 0.3) is 0 Å². The second kappa shape index (κ2) is 5.44. The van der Waals surface area contributed by atoms with Crippen LogP contribution >= 0.6 is 0 Å². The molecule has 0 saturated carbocycles. The lowest BCUT2D eigenvalue weighted by atomic mass is 10.0. The molecule has 0 radical (unpaired) electrons. The Hall–Kier alpha value is -1.65. The SMILES string of the molecule is CCOc1nnc(CC)c(CC)c1C(=N)N. The van der Waals surface area contributed by atoms with E-state index in [1.54, 1.807) is 0 Å². The van der Waals surface area contributed by atoms with E-state index in [1.807, 2.05) is 20.8 Å². The third kappa shape index (κ3) is 2.29. The van der Waals surface area contributed by atoms with Crippen LogP contribution in [-0.4, -0.2) is 22.6 Å². The van der Waals surface area contributed by atoms with Crippen molar-refractivity contribution < 1.29 is 4.74 Å². The zero-order valence-corrected chi connectivity index (χ0v) is 10.0. The normalized spacial score (nSPS) is 10.2. The number of hydrogen-bond donors (Lipinski definition) is 2. The average Bonchev–Trinajstić information content (AvgIpc) is 2.28. The number of nitrogens with two attached hydrogens (primary N) is 1. The quantitative estimate of drug-likeness (QED) is 0.580. The summed E-state index contributed by atoms with van der Waals surface area (Å²) in [6.45, 7) is 6.38. The third-order valence-corrected chi connectivity index (χ3v) is 2.36. The lowest BCUT2D eigenvalue weighted by Gasteiger charge is -2.13. The number of ether oxygens (including phenoxy) is 1. The standard InChI is InChI=1S/C11H18N4O/c1-4-7-8(5-2)14-15-11(16-6-3)9(7)10(12)13/h4-6H2,1-3H3,(H3,12,13). The molecule has 0 atom stereocenters. The number of aryl methyl sites for hydroxylation is 1. The van der Waals surface area contributed by atoms with E-state index in [0.717, 1.165) is 24.1 Å². The number of amidine groups is 1. The maximum atomic E-state index is 7.60. The van der Waals surface area contributed by atoms with Gasteiger partial charge in [-0.1, -0.05) is 13.8 Å². The fourth-order valence-corrected chi connectivity index (χ4v) is 1.67. The number of nitrogens with zero attached hydrogens (tertiary/aromatic N) is 2. The van der Waals surface area contributed by atoms with Gasteiger partial charge in [-0.15, -0.1) is 5.10 Å². The zero-order chi connectivity index (χ0) is 12.1. The Morgan fingerprint density at radius 1 is 1.25 bits per heavy atom. The largest absolute Gasteiger partial charge is 0.476 e. The zero-order valence-electron chi connectivity index (χ0n) is 10.0. The second-order valence-electron chi connectivity index (χ2n) is 3.36. The van der Waals surface area contributed by atoms with Crippen molar-refractivity contribution in [3.8, 4) is 5.88 Å². The van der Waals surface area contributed by atoms with E-state index in [9.17, 15) is 0 Å². The van der Waals surface area contributed by atoms with E-state index in [2.05, 4.69) is 10.2 Å². The molecule has 1 aromatic rings. The van der Waals surface area contributed by atoms with Crippen LogP contribution in [0.4, 0.5) is 0 Å². The number of rotatable bonds is 5. The van der Waals surface area contributed by atoms with Crippen LogP contribution in [0.2, 0.25) is 0 Å². The Morgan fingerprint density at radius 3 is 2.38 bits per heavy atom. The first-order valence-corrected chi connectivity index (χ1v) is 5.51. The summed E-state index contributed by atoms with van der Waals surface area (Å²) >= 11 is 0. The summed E-state index contributed by atoms with van der Waals surface area (Å²) in [5, 5.41) is 15.7. The molecule has 1 heterocycles. The fourth-order valence-electron chi connectivity index (χ4n) is 1.67. The maximum absolute atomic E-state index is 7.60. The van der Waals surface area contributed by atoms with Gasteiger partial charge in [-0.25, -0.2) is 0 Å². The van der Waals surface area contributed by atoms with Gasteiger partial charge in [0.15, 0.2) is 0 Å². The Kier molecular flexibility index (Phi) is 4.22. The molecule has 3 N–H and O–H groups in total. The van der Waals surface area contributed by atoms with E-state index in [1.165, 1.54) is 0 Å². The Labute approximate surface area is 95.5 Å². The van der Waals surface area contributed by atoms with Gasteiger partial charge >= 0.3 is 0 Å². The number of hydrogen-bond acceptors (Lipinski definition) is 4. The minimum absolute atomic E-state index is 0.00935. The Bertz CT molecular complexity index is 390. The van der Waals surface area contributed by atoms with E-state index in [-0.39, 0.29) is 5.84 Å². The highest BCUT2D eigenvalue weighted by molar-refractivity contribution is 5.98. The van der Waals surface area contributed by atoms with Crippen molar-refractivity contribution in [3.05, 3.63) is 16.8 Å². The molecule has 0 saturated heterocycles. The van der Waals surface area contributed by atoms with E-state index >= 15 is 0 Å². The van der Waals surface area contributed by atoms with Crippen LogP contribution in [0.15, 0.2) is 0 Å². The summed E-state index contributed by atoms with van der Waals surface area (Å²) in [4.78, 5) is 0. The van der Waals surface area contributed by atoms with Gasteiger partial charge < -0.3 is 10.5 Å². The van der Waals surface area contributed by atoms with Crippen LogP contribution in [-0.2, 0) is 12.8 Å². The highest BCUT2D eigenvalue weighted by atomic mass is 16.5. The Balaban J connectivity index is 3.37. The first kappa shape index (κ1) is 12.4. The van der Waals surface area contributed by atoms with Crippen molar-refractivity contribution in [1.82, 2.24) is 10.2 Å². The minimum atomic E-state index is -0.00935. The number of nitrogens with one attached hydrogen (secondary N) is 1. The van der Waals surface area contributed by atoms with Crippen LogP contribution in [0.25, 0.3) is 0 Å². The molecule has 5 heteroatoms. The average molecular weight is 222 g/mol. The first-order chi connectivity index (χ1) is 7.65. The molecule has 0 aliphatic carbocycles. The maximum Gasteiger partial charge on any atom is 0.244 e. The van der Waals surface area contributed by atoms with E-state index < -0.39 is 0 Å². The molecule has 88 valence electrons. The number of nitrogen functional groups attached to an aromatic ring is 1. The third-order valence-electron chi connectivity index (χ3n) is 2.36. The Morgan fingerprint density at radius 2 is 1.94 bits per heavy atom. The summed E-state index contributed by atoms with van der Waals surface area (Å²) in [7, 11) is 0. The molecule has 1 aromatic heterocycles. The molecule has 0 spiro atoms. The van der Waals surface area contributed by atoms with Crippen LogP contribution in [0.5, 0.6) is 5.88 Å². The predicted molar refractivity (Wildman–Crippen MR) is 63.0 cm³/mol. The van der Waals surface area contributed by atoms with Crippen LogP contribution in [0.1, 0.15) is 37.6 Å². The van der Waals surface area contributed by atoms with Gasteiger partial charge in [0.1, 0.15) is 5.84 Å². The molecule has 0 aliphatic heterocycles. The smallest absolute Gasteiger partial charge is 0.244 e.